The van der Waals surface area contributed by atoms with Gasteiger partial charge in [0.25, 0.3) is 0 Å². The van der Waals surface area contributed by atoms with E-state index in [0.717, 1.165) is 30.4 Å². The maximum atomic E-state index is 4.47. The molecular weight excluding hydrogens is 224 g/mol. The summed E-state index contributed by atoms with van der Waals surface area (Å²) in [6.07, 6.45) is 1.17. The van der Waals surface area contributed by atoms with E-state index in [1.165, 1.54) is 6.42 Å². The molecule has 0 aromatic carbocycles. The van der Waals surface area contributed by atoms with Crippen molar-refractivity contribution in [2.45, 2.75) is 26.3 Å². The van der Waals surface area contributed by atoms with Gasteiger partial charge < -0.3 is 10.2 Å². The van der Waals surface area contributed by atoms with Crippen molar-refractivity contribution < 1.29 is 0 Å². The molecule has 2 heterocycles. The summed E-state index contributed by atoms with van der Waals surface area (Å²) in [6, 6.07) is 2.54. The molecule has 1 saturated heterocycles. The first kappa shape index (κ1) is 13.2. The van der Waals surface area contributed by atoms with Crippen LogP contribution in [0.4, 0.5) is 5.95 Å². The highest BCUT2D eigenvalue weighted by atomic mass is 35.5. The number of rotatable bonds is 2. The molecule has 1 aliphatic rings. The minimum Gasteiger partial charge on any atom is -0.340 e. The lowest BCUT2D eigenvalue weighted by molar-refractivity contribution is 0.665. The number of nitrogens with zero attached hydrogens (tertiary/aromatic N) is 3. The van der Waals surface area contributed by atoms with Crippen LogP contribution in [0.25, 0.3) is 0 Å². The number of nitrogens with one attached hydrogen (secondary N) is 1. The first-order chi connectivity index (χ1) is 7.16. The van der Waals surface area contributed by atoms with Crippen LogP contribution in [0.3, 0.4) is 0 Å². The Hall–Kier alpha value is -0.870. The number of hydrogen-bond donors (Lipinski definition) is 1. The Labute approximate surface area is 103 Å². The molecule has 1 N–H and O–H groups in total. The predicted molar refractivity (Wildman–Crippen MR) is 68.4 cm³/mol. The van der Waals surface area contributed by atoms with E-state index in [9.17, 15) is 0 Å². The molecule has 5 heteroatoms. The molecule has 0 bridgehead atoms. The highest BCUT2D eigenvalue weighted by Crippen LogP contribution is 2.14. The van der Waals surface area contributed by atoms with E-state index in [1.54, 1.807) is 0 Å². The third-order valence-corrected chi connectivity index (χ3v) is 2.87. The zero-order chi connectivity index (χ0) is 10.8. The van der Waals surface area contributed by atoms with Gasteiger partial charge in [-0.2, -0.15) is 0 Å². The minimum atomic E-state index is 0. The topological polar surface area (TPSA) is 41.1 Å². The summed E-state index contributed by atoms with van der Waals surface area (Å²) in [5, 5.41) is 3.35. The average Bonchev–Trinajstić information content (AvgIpc) is 2.67. The fraction of sp³-hybridized carbons (Fsp3) is 0.636. The van der Waals surface area contributed by atoms with Crippen LogP contribution in [0.15, 0.2) is 6.07 Å². The van der Waals surface area contributed by atoms with Gasteiger partial charge in [0, 0.05) is 31.0 Å². The second-order valence-corrected chi connectivity index (χ2v) is 4.21. The number of aryl methyl sites for hydroxylation is 2. The Balaban J connectivity index is 0.00000128. The van der Waals surface area contributed by atoms with Crippen LogP contribution in [-0.4, -0.2) is 36.1 Å². The zero-order valence-electron chi connectivity index (χ0n) is 10.0. The van der Waals surface area contributed by atoms with E-state index in [2.05, 4.69) is 27.2 Å². The third-order valence-electron chi connectivity index (χ3n) is 2.87. The number of halogens is 1. The molecule has 1 aliphatic heterocycles. The third kappa shape index (κ3) is 2.83. The van der Waals surface area contributed by atoms with Crippen molar-refractivity contribution in [1.82, 2.24) is 15.3 Å². The SMILES string of the molecule is Cc1cc(C)nc(N(C)C2CCNC2)n1.Cl. The second-order valence-electron chi connectivity index (χ2n) is 4.21. The van der Waals surface area contributed by atoms with Gasteiger partial charge >= 0.3 is 0 Å². The van der Waals surface area contributed by atoms with Crippen LogP contribution in [-0.2, 0) is 0 Å². The molecule has 4 nitrogen and oxygen atoms in total. The summed E-state index contributed by atoms with van der Waals surface area (Å²) in [7, 11) is 2.08. The fourth-order valence-electron chi connectivity index (χ4n) is 2.00. The normalized spacial score (nSPS) is 19.3. The van der Waals surface area contributed by atoms with Gasteiger partial charge in [-0.15, -0.1) is 12.4 Å². The van der Waals surface area contributed by atoms with E-state index in [-0.39, 0.29) is 12.4 Å². The van der Waals surface area contributed by atoms with Crippen molar-refractivity contribution in [2.75, 3.05) is 25.0 Å². The summed E-state index contributed by atoms with van der Waals surface area (Å²) in [4.78, 5) is 11.1. The van der Waals surface area contributed by atoms with Crippen LogP contribution >= 0.6 is 12.4 Å². The highest BCUT2D eigenvalue weighted by Gasteiger charge is 2.21. The van der Waals surface area contributed by atoms with Gasteiger partial charge in [0.1, 0.15) is 0 Å². The predicted octanol–water partition coefficient (Wildman–Crippen LogP) is 1.31. The van der Waals surface area contributed by atoms with Crippen LogP contribution in [0.2, 0.25) is 0 Å². The molecule has 0 aliphatic carbocycles. The van der Waals surface area contributed by atoms with Crippen molar-refractivity contribution >= 4 is 18.4 Å². The van der Waals surface area contributed by atoms with Crippen molar-refractivity contribution in [3.05, 3.63) is 17.5 Å². The van der Waals surface area contributed by atoms with Gasteiger partial charge in [0.15, 0.2) is 0 Å². The average molecular weight is 243 g/mol. The van der Waals surface area contributed by atoms with Crippen LogP contribution in [0.5, 0.6) is 0 Å². The Morgan fingerprint density at radius 2 is 1.94 bits per heavy atom. The largest absolute Gasteiger partial charge is 0.340 e. The molecule has 2 rings (SSSR count). The molecule has 1 unspecified atom stereocenters. The van der Waals surface area contributed by atoms with Crippen molar-refractivity contribution in [3.8, 4) is 0 Å². The zero-order valence-corrected chi connectivity index (χ0v) is 10.8. The van der Waals surface area contributed by atoms with E-state index in [1.807, 2.05) is 19.9 Å². The lowest BCUT2D eigenvalue weighted by Gasteiger charge is -2.24. The van der Waals surface area contributed by atoms with Crippen LogP contribution < -0.4 is 10.2 Å². The van der Waals surface area contributed by atoms with Crippen molar-refractivity contribution in [1.29, 1.82) is 0 Å². The first-order valence-electron chi connectivity index (χ1n) is 5.42. The molecule has 0 spiro atoms. The Kier molecular flexibility index (Phi) is 4.50. The Morgan fingerprint density at radius 1 is 1.31 bits per heavy atom. The molecule has 0 amide bonds. The molecule has 0 saturated carbocycles. The lowest BCUT2D eigenvalue weighted by atomic mass is 10.2. The fourth-order valence-corrected chi connectivity index (χ4v) is 2.00. The van der Waals surface area contributed by atoms with Crippen molar-refractivity contribution in [3.63, 3.8) is 0 Å². The summed E-state index contributed by atoms with van der Waals surface area (Å²) < 4.78 is 0. The molecular formula is C11H19ClN4. The number of likely N-dealkylation sites (N-methyl/N-ethyl adjacent to an activating group) is 1. The summed E-state index contributed by atoms with van der Waals surface area (Å²) in [6.45, 7) is 6.16. The van der Waals surface area contributed by atoms with E-state index in [4.69, 9.17) is 0 Å². The maximum absolute atomic E-state index is 4.47. The molecule has 90 valence electrons. The maximum Gasteiger partial charge on any atom is 0.225 e. The quantitative estimate of drug-likeness (QED) is 0.849. The van der Waals surface area contributed by atoms with Crippen LogP contribution in [0.1, 0.15) is 17.8 Å². The van der Waals surface area contributed by atoms with Gasteiger partial charge in [0.05, 0.1) is 0 Å². The smallest absolute Gasteiger partial charge is 0.225 e. The van der Waals surface area contributed by atoms with Gasteiger partial charge in [0.2, 0.25) is 5.95 Å². The van der Waals surface area contributed by atoms with Gasteiger partial charge in [-0.05, 0) is 32.9 Å². The molecule has 1 aromatic rings. The van der Waals surface area contributed by atoms with E-state index >= 15 is 0 Å². The van der Waals surface area contributed by atoms with Gasteiger partial charge in [-0.1, -0.05) is 0 Å². The standard InChI is InChI=1S/C11H18N4.ClH/c1-8-6-9(2)14-11(13-8)15(3)10-4-5-12-7-10;/h6,10,12H,4-5,7H2,1-3H3;1H. The molecule has 1 atom stereocenters. The molecule has 1 aromatic heterocycles. The lowest BCUT2D eigenvalue weighted by Crippen LogP contribution is -2.34. The number of anilines is 1. The molecule has 0 radical (unpaired) electrons. The Bertz CT molecular complexity index is 330. The summed E-state index contributed by atoms with van der Waals surface area (Å²) in [5.41, 5.74) is 2.07. The van der Waals surface area contributed by atoms with Gasteiger partial charge in [-0.25, -0.2) is 9.97 Å². The highest BCUT2D eigenvalue weighted by molar-refractivity contribution is 5.85. The minimum absolute atomic E-state index is 0. The molecule has 1 fully saturated rings. The Morgan fingerprint density at radius 3 is 2.44 bits per heavy atom. The van der Waals surface area contributed by atoms with E-state index < -0.39 is 0 Å². The number of aromatic nitrogens is 2. The van der Waals surface area contributed by atoms with Crippen LogP contribution in [0, 0.1) is 13.8 Å². The monoisotopic (exact) mass is 242 g/mol. The van der Waals surface area contributed by atoms with Gasteiger partial charge in [-0.3, -0.25) is 0 Å². The first-order valence-corrected chi connectivity index (χ1v) is 5.42. The molecule has 16 heavy (non-hydrogen) atoms. The van der Waals surface area contributed by atoms with E-state index in [0.29, 0.717) is 6.04 Å². The van der Waals surface area contributed by atoms with Crippen molar-refractivity contribution in [2.24, 2.45) is 0 Å². The summed E-state index contributed by atoms with van der Waals surface area (Å²) in [5.74, 6) is 0.848. The number of hydrogen-bond acceptors (Lipinski definition) is 4. The summed E-state index contributed by atoms with van der Waals surface area (Å²) >= 11 is 0. The second kappa shape index (κ2) is 5.46.